The van der Waals surface area contributed by atoms with Crippen LogP contribution in [0.4, 0.5) is 0 Å². The minimum atomic E-state index is -0.358. The van der Waals surface area contributed by atoms with Gasteiger partial charge in [0.2, 0.25) is 0 Å². The molecule has 1 saturated heterocycles. The first kappa shape index (κ1) is 15.3. The van der Waals surface area contributed by atoms with E-state index >= 15 is 0 Å². The Bertz CT molecular complexity index is 621. The highest BCUT2D eigenvalue weighted by molar-refractivity contribution is 9.10. The maximum absolute atomic E-state index is 5.94. The van der Waals surface area contributed by atoms with Gasteiger partial charge in [-0.2, -0.15) is 0 Å². The van der Waals surface area contributed by atoms with E-state index in [1.54, 1.807) is 7.11 Å². The quantitative estimate of drug-likeness (QED) is 0.800. The van der Waals surface area contributed by atoms with Crippen molar-refractivity contribution in [1.82, 2.24) is 0 Å². The molecular weight excluding hydrogens is 348 g/mol. The Kier molecular flexibility index (Phi) is 4.97. The van der Waals surface area contributed by atoms with Crippen LogP contribution in [0.5, 0.6) is 11.5 Å². The Hall–Kier alpha value is -1.56. The van der Waals surface area contributed by atoms with Crippen LogP contribution in [-0.2, 0) is 16.1 Å². The van der Waals surface area contributed by atoms with E-state index in [0.29, 0.717) is 19.8 Å². The zero-order chi connectivity index (χ0) is 15.4. The third-order valence-corrected chi connectivity index (χ3v) is 3.89. The fourth-order valence-corrected chi connectivity index (χ4v) is 2.63. The molecule has 5 heteroatoms. The fourth-order valence-electron chi connectivity index (χ4n) is 2.26. The Labute approximate surface area is 138 Å². The molecule has 3 rings (SSSR count). The molecule has 2 aromatic carbocycles. The number of benzene rings is 2. The van der Waals surface area contributed by atoms with Crippen molar-refractivity contribution in [3.8, 4) is 11.5 Å². The first-order valence-electron chi connectivity index (χ1n) is 7.04. The number of halogens is 1. The molecule has 22 heavy (non-hydrogen) atoms. The van der Waals surface area contributed by atoms with Crippen molar-refractivity contribution in [3.05, 3.63) is 58.1 Å². The number of hydrogen-bond donors (Lipinski definition) is 0. The SMILES string of the molecule is COc1ccc(COc2ccc(Br)cc2C2OCCO2)cc1. The summed E-state index contributed by atoms with van der Waals surface area (Å²) in [5, 5.41) is 0. The lowest BCUT2D eigenvalue weighted by Crippen LogP contribution is -2.04. The lowest BCUT2D eigenvalue weighted by molar-refractivity contribution is -0.0459. The number of rotatable bonds is 5. The number of methoxy groups -OCH3 is 1. The molecule has 0 saturated carbocycles. The van der Waals surface area contributed by atoms with Crippen LogP contribution in [0.2, 0.25) is 0 Å². The van der Waals surface area contributed by atoms with E-state index in [-0.39, 0.29) is 6.29 Å². The second kappa shape index (κ2) is 7.13. The summed E-state index contributed by atoms with van der Waals surface area (Å²) in [4.78, 5) is 0. The van der Waals surface area contributed by atoms with Crippen LogP contribution in [0, 0.1) is 0 Å². The molecule has 0 aliphatic carbocycles. The summed E-state index contributed by atoms with van der Waals surface area (Å²) in [7, 11) is 1.65. The average Bonchev–Trinajstić information content (AvgIpc) is 3.08. The van der Waals surface area contributed by atoms with Crippen LogP contribution in [0.25, 0.3) is 0 Å². The smallest absolute Gasteiger partial charge is 0.187 e. The second-order valence-electron chi connectivity index (χ2n) is 4.89. The van der Waals surface area contributed by atoms with Gasteiger partial charge in [-0.1, -0.05) is 28.1 Å². The van der Waals surface area contributed by atoms with Gasteiger partial charge in [0.05, 0.1) is 25.9 Å². The Morgan fingerprint density at radius 2 is 1.82 bits per heavy atom. The van der Waals surface area contributed by atoms with Gasteiger partial charge in [-0.05, 0) is 35.9 Å². The molecule has 1 heterocycles. The van der Waals surface area contributed by atoms with Crippen LogP contribution in [-0.4, -0.2) is 20.3 Å². The van der Waals surface area contributed by atoms with E-state index in [1.165, 1.54) is 0 Å². The van der Waals surface area contributed by atoms with Gasteiger partial charge in [0.15, 0.2) is 6.29 Å². The average molecular weight is 365 g/mol. The summed E-state index contributed by atoms with van der Waals surface area (Å²) in [5.74, 6) is 1.60. The third-order valence-electron chi connectivity index (χ3n) is 3.40. The van der Waals surface area contributed by atoms with Crippen molar-refractivity contribution >= 4 is 15.9 Å². The molecule has 0 spiro atoms. The van der Waals surface area contributed by atoms with Gasteiger partial charge < -0.3 is 18.9 Å². The predicted octanol–water partition coefficient (Wildman–Crippen LogP) is 4.08. The highest BCUT2D eigenvalue weighted by Crippen LogP contribution is 2.34. The normalized spacial score (nSPS) is 15.0. The van der Waals surface area contributed by atoms with Crippen LogP contribution >= 0.6 is 15.9 Å². The highest BCUT2D eigenvalue weighted by Gasteiger charge is 2.22. The van der Waals surface area contributed by atoms with E-state index in [9.17, 15) is 0 Å². The lowest BCUT2D eigenvalue weighted by atomic mass is 10.2. The van der Waals surface area contributed by atoms with Crippen LogP contribution in [0.15, 0.2) is 46.9 Å². The molecule has 0 aromatic heterocycles. The molecule has 2 aromatic rings. The van der Waals surface area contributed by atoms with E-state index in [4.69, 9.17) is 18.9 Å². The number of ether oxygens (including phenoxy) is 4. The molecule has 4 nitrogen and oxygen atoms in total. The summed E-state index contributed by atoms with van der Waals surface area (Å²) in [6.07, 6.45) is -0.358. The topological polar surface area (TPSA) is 36.9 Å². The van der Waals surface area contributed by atoms with Gasteiger partial charge in [-0.3, -0.25) is 0 Å². The summed E-state index contributed by atoms with van der Waals surface area (Å²) >= 11 is 3.47. The van der Waals surface area contributed by atoms with E-state index in [1.807, 2.05) is 42.5 Å². The Balaban J connectivity index is 1.73. The first-order chi connectivity index (χ1) is 10.8. The predicted molar refractivity (Wildman–Crippen MR) is 86.1 cm³/mol. The molecular formula is C17H17BrO4. The van der Waals surface area contributed by atoms with Crippen molar-refractivity contribution in [1.29, 1.82) is 0 Å². The molecule has 0 N–H and O–H groups in total. The van der Waals surface area contributed by atoms with Gasteiger partial charge in [0, 0.05) is 4.47 Å². The van der Waals surface area contributed by atoms with E-state index in [0.717, 1.165) is 27.1 Å². The standard InChI is InChI=1S/C17H17BrO4/c1-19-14-5-2-12(3-6-14)11-22-16-7-4-13(18)10-15(16)17-20-8-9-21-17/h2-7,10,17H,8-9,11H2,1H3. The van der Waals surface area contributed by atoms with Crippen molar-refractivity contribution < 1.29 is 18.9 Å². The van der Waals surface area contributed by atoms with Crippen LogP contribution < -0.4 is 9.47 Å². The molecule has 0 radical (unpaired) electrons. The van der Waals surface area contributed by atoms with Crippen molar-refractivity contribution in [2.45, 2.75) is 12.9 Å². The fraction of sp³-hybridized carbons (Fsp3) is 0.294. The summed E-state index contributed by atoms with van der Waals surface area (Å²) < 4.78 is 23.2. The monoisotopic (exact) mass is 364 g/mol. The molecule has 116 valence electrons. The maximum Gasteiger partial charge on any atom is 0.187 e. The van der Waals surface area contributed by atoms with Crippen molar-refractivity contribution in [3.63, 3.8) is 0 Å². The van der Waals surface area contributed by atoms with Crippen LogP contribution in [0.3, 0.4) is 0 Å². The number of hydrogen-bond acceptors (Lipinski definition) is 4. The minimum absolute atomic E-state index is 0.358. The third kappa shape index (κ3) is 3.61. The summed E-state index contributed by atoms with van der Waals surface area (Å²) in [6, 6.07) is 13.7. The molecule has 0 amide bonds. The van der Waals surface area contributed by atoms with E-state index < -0.39 is 0 Å². The van der Waals surface area contributed by atoms with E-state index in [2.05, 4.69) is 15.9 Å². The molecule has 0 unspecified atom stereocenters. The largest absolute Gasteiger partial charge is 0.497 e. The molecule has 0 atom stereocenters. The molecule has 1 aliphatic heterocycles. The molecule has 1 aliphatic rings. The first-order valence-corrected chi connectivity index (χ1v) is 7.84. The van der Waals surface area contributed by atoms with Gasteiger partial charge in [-0.25, -0.2) is 0 Å². The summed E-state index contributed by atoms with van der Waals surface area (Å²) in [6.45, 7) is 1.69. The highest BCUT2D eigenvalue weighted by atomic mass is 79.9. The zero-order valence-corrected chi connectivity index (χ0v) is 13.8. The minimum Gasteiger partial charge on any atom is -0.497 e. The zero-order valence-electron chi connectivity index (χ0n) is 12.3. The Morgan fingerprint density at radius 1 is 1.09 bits per heavy atom. The van der Waals surface area contributed by atoms with Crippen molar-refractivity contribution in [2.75, 3.05) is 20.3 Å². The van der Waals surface area contributed by atoms with Crippen molar-refractivity contribution in [2.24, 2.45) is 0 Å². The Morgan fingerprint density at radius 3 is 2.50 bits per heavy atom. The second-order valence-corrected chi connectivity index (χ2v) is 5.81. The van der Waals surface area contributed by atoms with Crippen LogP contribution in [0.1, 0.15) is 17.4 Å². The van der Waals surface area contributed by atoms with Gasteiger partial charge in [0.1, 0.15) is 18.1 Å². The molecule has 1 fully saturated rings. The lowest BCUT2D eigenvalue weighted by Gasteiger charge is -2.16. The maximum atomic E-state index is 5.94. The van der Waals surface area contributed by atoms with Gasteiger partial charge >= 0.3 is 0 Å². The summed E-state index contributed by atoms with van der Waals surface area (Å²) in [5.41, 5.74) is 1.98. The van der Waals surface area contributed by atoms with Gasteiger partial charge in [-0.15, -0.1) is 0 Å². The molecule has 0 bridgehead atoms. The van der Waals surface area contributed by atoms with Gasteiger partial charge in [0.25, 0.3) is 0 Å².